The van der Waals surface area contributed by atoms with Gasteiger partial charge in [0.15, 0.2) is 0 Å². The molecule has 1 atom stereocenters. The Balaban J connectivity index is 2.00. The Hall–Kier alpha value is -2.01. The van der Waals surface area contributed by atoms with Crippen molar-refractivity contribution in [3.05, 3.63) is 47.2 Å². The van der Waals surface area contributed by atoms with E-state index in [1.807, 2.05) is 19.2 Å². The molecule has 0 saturated carbocycles. The van der Waals surface area contributed by atoms with Crippen LogP contribution >= 0.6 is 11.6 Å². The minimum Gasteiger partial charge on any atom is -0.507 e. The summed E-state index contributed by atoms with van der Waals surface area (Å²) < 4.78 is 1.73. The van der Waals surface area contributed by atoms with E-state index in [1.54, 1.807) is 16.9 Å². The van der Waals surface area contributed by atoms with Gasteiger partial charge in [0.2, 0.25) is 0 Å². The molecule has 2 rings (SSSR count). The van der Waals surface area contributed by atoms with E-state index >= 15 is 0 Å². The predicted octanol–water partition coefficient (Wildman–Crippen LogP) is 2.06. The normalized spacial score (nSPS) is 12.1. The van der Waals surface area contributed by atoms with Gasteiger partial charge in [0, 0.05) is 23.5 Å². The number of carbonyl (C=O) groups is 1. The zero-order valence-electron chi connectivity index (χ0n) is 10.4. The highest BCUT2D eigenvalue weighted by Crippen LogP contribution is 2.21. The maximum absolute atomic E-state index is 12.0. The summed E-state index contributed by atoms with van der Waals surface area (Å²) in [6.07, 6.45) is 3.50. The fraction of sp³-hybridized carbons (Fsp3) is 0.231. The molecule has 0 bridgehead atoms. The average molecular weight is 280 g/mol. The van der Waals surface area contributed by atoms with Crippen LogP contribution < -0.4 is 5.32 Å². The molecule has 0 aliphatic carbocycles. The second-order valence-corrected chi connectivity index (χ2v) is 4.70. The van der Waals surface area contributed by atoms with Gasteiger partial charge >= 0.3 is 0 Å². The van der Waals surface area contributed by atoms with Gasteiger partial charge < -0.3 is 10.4 Å². The number of halogens is 1. The van der Waals surface area contributed by atoms with Crippen molar-refractivity contribution in [1.82, 2.24) is 15.1 Å². The second kappa shape index (κ2) is 5.75. The molecule has 5 nitrogen and oxygen atoms in total. The Morgan fingerprint density at radius 2 is 2.37 bits per heavy atom. The Morgan fingerprint density at radius 1 is 1.58 bits per heavy atom. The number of aromatic nitrogens is 2. The molecule has 2 N–H and O–H groups in total. The first-order valence-electron chi connectivity index (χ1n) is 5.83. The lowest BCUT2D eigenvalue weighted by atomic mass is 10.1. The lowest BCUT2D eigenvalue weighted by Crippen LogP contribution is -2.35. The largest absolute Gasteiger partial charge is 0.507 e. The van der Waals surface area contributed by atoms with Crippen LogP contribution in [-0.4, -0.2) is 26.8 Å². The molecule has 1 aromatic carbocycles. The third-order valence-corrected chi connectivity index (χ3v) is 2.84. The van der Waals surface area contributed by atoms with Gasteiger partial charge in [-0.05, 0) is 31.2 Å². The van der Waals surface area contributed by atoms with Crippen LogP contribution in [0.1, 0.15) is 17.3 Å². The fourth-order valence-corrected chi connectivity index (χ4v) is 1.90. The van der Waals surface area contributed by atoms with E-state index in [-0.39, 0.29) is 23.3 Å². The molecule has 19 heavy (non-hydrogen) atoms. The first-order chi connectivity index (χ1) is 9.06. The van der Waals surface area contributed by atoms with Gasteiger partial charge in [-0.25, -0.2) is 0 Å². The molecule has 0 saturated heterocycles. The van der Waals surface area contributed by atoms with Crippen molar-refractivity contribution >= 4 is 17.5 Å². The molecular formula is C13H14ClN3O2. The van der Waals surface area contributed by atoms with Crippen LogP contribution in [0.4, 0.5) is 0 Å². The van der Waals surface area contributed by atoms with Crippen LogP contribution in [0.2, 0.25) is 5.02 Å². The Morgan fingerprint density at radius 3 is 3.00 bits per heavy atom. The number of carbonyl (C=O) groups excluding carboxylic acids is 1. The molecule has 0 fully saturated rings. The van der Waals surface area contributed by atoms with Crippen molar-refractivity contribution in [2.75, 3.05) is 0 Å². The van der Waals surface area contributed by atoms with Crippen LogP contribution in [0.5, 0.6) is 5.75 Å². The molecule has 6 heteroatoms. The number of benzene rings is 1. The summed E-state index contributed by atoms with van der Waals surface area (Å²) >= 11 is 5.72. The number of nitrogens with one attached hydrogen (secondary N) is 1. The van der Waals surface area contributed by atoms with Gasteiger partial charge in [0.1, 0.15) is 5.75 Å². The third-order valence-electron chi connectivity index (χ3n) is 2.60. The quantitative estimate of drug-likeness (QED) is 0.900. The number of phenols is 1. The molecule has 1 amide bonds. The summed E-state index contributed by atoms with van der Waals surface area (Å²) in [4.78, 5) is 12.0. The Kier molecular flexibility index (Phi) is 4.06. The van der Waals surface area contributed by atoms with Gasteiger partial charge in [0.05, 0.1) is 12.1 Å². The Labute approximate surface area is 115 Å². The van der Waals surface area contributed by atoms with E-state index in [0.29, 0.717) is 11.6 Å². The van der Waals surface area contributed by atoms with Gasteiger partial charge in [-0.15, -0.1) is 0 Å². The summed E-state index contributed by atoms with van der Waals surface area (Å²) in [5.41, 5.74) is 0.205. The number of hydrogen-bond acceptors (Lipinski definition) is 3. The van der Waals surface area contributed by atoms with Crippen LogP contribution in [0.3, 0.4) is 0 Å². The van der Waals surface area contributed by atoms with Crippen LogP contribution in [0.25, 0.3) is 0 Å². The molecular weight excluding hydrogens is 266 g/mol. The molecule has 1 unspecified atom stereocenters. The first kappa shape index (κ1) is 13.4. The van der Waals surface area contributed by atoms with Crippen molar-refractivity contribution < 1.29 is 9.90 Å². The zero-order valence-corrected chi connectivity index (χ0v) is 11.1. The lowest BCUT2D eigenvalue weighted by molar-refractivity contribution is 0.0933. The van der Waals surface area contributed by atoms with Crippen molar-refractivity contribution in [2.24, 2.45) is 0 Å². The van der Waals surface area contributed by atoms with Crippen molar-refractivity contribution in [3.8, 4) is 5.75 Å². The number of amides is 1. The zero-order chi connectivity index (χ0) is 13.8. The summed E-state index contributed by atoms with van der Waals surface area (Å²) in [6.45, 7) is 2.43. The number of rotatable bonds is 4. The van der Waals surface area contributed by atoms with E-state index in [9.17, 15) is 9.90 Å². The first-order valence-corrected chi connectivity index (χ1v) is 6.21. The van der Waals surface area contributed by atoms with E-state index in [2.05, 4.69) is 10.4 Å². The molecule has 0 radical (unpaired) electrons. The maximum Gasteiger partial charge on any atom is 0.255 e. The summed E-state index contributed by atoms with van der Waals surface area (Å²) in [5.74, 6) is -0.467. The minimum absolute atomic E-state index is 0.109. The summed E-state index contributed by atoms with van der Waals surface area (Å²) in [5, 5.41) is 16.9. The Bertz CT molecular complexity index is 569. The SMILES string of the molecule is CC(Cn1cccn1)NC(=O)c1ccc(Cl)cc1O. The highest BCUT2D eigenvalue weighted by atomic mass is 35.5. The van der Waals surface area contributed by atoms with Crippen LogP contribution in [0, 0.1) is 0 Å². The molecule has 100 valence electrons. The van der Waals surface area contributed by atoms with Gasteiger partial charge in [-0.1, -0.05) is 11.6 Å². The number of aromatic hydroxyl groups is 1. The standard InChI is InChI=1S/C13H14ClN3O2/c1-9(8-17-6-2-5-15-17)16-13(19)11-4-3-10(14)7-12(11)18/h2-7,9,18H,8H2,1H3,(H,16,19). The highest BCUT2D eigenvalue weighted by molar-refractivity contribution is 6.30. The monoisotopic (exact) mass is 279 g/mol. The maximum atomic E-state index is 12.0. The number of nitrogens with zero attached hydrogens (tertiary/aromatic N) is 2. The molecule has 1 heterocycles. The van der Waals surface area contributed by atoms with Crippen LogP contribution in [-0.2, 0) is 6.54 Å². The van der Waals surface area contributed by atoms with Crippen molar-refractivity contribution in [2.45, 2.75) is 19.5 Å². The lowest BCUT2D eigenvalue weighted by Gasteiger charge is -2.14. The molecule has 0 aliphatic heterocycles. The number of phenolic OH excluding ortho intramolecular Hbond substituents is 1. The van der Waals surface area contributed by atoms with E-state index in [4.69, 9.17) is 11.6 Å². The predicted molar refractivity (Wildman–Crippen MR) is 72.3 cm³/mol. The van der Waals surface area contributed by atoms with Gasteiger partial charge in [-0.3, -0.25) is 9.48 Å². The van der Waals surface area contributed by atoms with E-state index < -0.39 is 0 Å². The smallest absolute Gasteiger partial charge is 0.255 e. The number of hydrogen-bond donors (Lipinski definition) is 2. The second-order valence-electron chi connectivity index (χ2n) is 4.26. The average Bonchev–Trinajstić information content (AvgIpc) is 2.81. The van der Waals surface area contributed by atoms with Gasteiger partial charge in [-0.2, -0.15) is 5.10 Å². The fourth-order valence-electron chi connectivity index (χ4n) is 1.73. The van der Waals surface area contributed by atoms with Crippen molar-refractivity contribution in [3.63, 3.8) is 0 Å². The third kappa shape index (κ3) is 3.48. The highest BCUT2D eigenvalue weighted by Gasteiger charge is 2.14. The molecule has 0 aliphatic rings. The van der Waals surface area contributed by atoms with E-state index in [1.165, 1.54) is 12.1 Å². The molecule has 1 aromatic heterocycles. The van der Waals surface area contributed by atoms with Crippen molar-refractivity contribution in [1.29, 1.82) is 0 Å². The molecule has 0 spiro atoms. The molecule has 2 aromatic rings. The minimum atomic E-state index is -0.339. The topological polar surface area (TPSA) is 67.2 Å². The van der Waals surface area contributed by atoms with Gasteiger partial charge in [0.25, 0.3) is 5.91 Å². The summed E-state index contributed by atoms with van der Waals surface area (Å²) in [6, 6.07) is 6.11. The summed E-state index contributed by atoms with van der Waals surface area (Å²) in [7, 11) is 0. The van der Waals surface area contributed by atoms with Crippen LogP contribution in [0.15, 0.2) is 36.7 Å². The van der Waals surface area contributed by atoms with E-state index in [0.717, 1.165) is 0 Å².